The molecule has 1 N–H and O–H groups in total. The molecular formula is C18H24ClN3O4. The highest BCUT2D eigenvalue weighted by atomic mass is 35.5. The average molecular weight is 382 g/mol. The van der Waals surface area contributed by atoms with Gasteiger partial charge in [-0.05, 0) is 45.3 Å². The van der Waals surface area contributed by atoms with E-state index < -0.39 is 11.9 Å². The van der Waals surface area contributed by atoms with Crippen LogP contribution in [0.3, 0.4) is 0 Å². The van der Waals surface area contributed by atoms with Crippen LogP contribution in [0.1, 0.15) is 23.2 Å². The molecule has 1 heterocycles. The van der Waals surface area contributed by atoms with Crippen molar-refractivity contribution in [2.45, 2.75) is 12.8 Å². The number of anilines is 1. The molecule has 1 aliphatic heterocycles. The van der Waals surface area contributed by atoms with Crippen LogP contribution in [0.2, 0.25) is 5.02 Å². The number of methoxy groups -OCH3 is 1. The number of carbonyl (C=O) groups is 3. The summed E-state index contributed by atoms with van der Waals surface area (Å²) in [6.07, 6.45) is 0.967. The van der Waals surface area contributed by atoms with Crippen molar-refractivity contribution in [3.05, 3.63) is 28.8 Å². The van der Waals surface area contributed by atoms with Gasteiger partial charge in [0.15, 0.2) is 0 Å². The highest BCUT2D eigenvalue weighted by Gasteiger charge is 2.36. The van der Waals surface area contributed by atoms with E-state index in [1.165, 1.54) is 24.1 Å². The molecule has 142 valence electrons. The molecule has 0 aliphatic carbocycles. The highest BCUT2D eigenvalue weighted by molar-refractivity contribution is 6.34. The third kappa shape index (κ3) is 4.95. The molecule has 1 aliphatic rings. The smallest absolute Gasteiger partial charge is 0.337 e. The molecule has 1 unspecified atom stereocenters. The van der Waals surface area contributed by atoms with Gasteiger partial charge in [0.2, 0.25) is 11.8 Å². The van der Waals surface area contributed by atoms with Crippen LogP contribution in [0.5, 0.6) is 0 Å². The van der Waals surface area contributed by atoms with Gasteiger partial charge in [0.25, 0.3) is 0 Å². The zero-order valence-corrected chi connectivity index (χ0v) is 16.0. The summed E-state index contributed by atoms with van der Waals surface area (Å²) in [7, 11) is 5.23. The van der Waals surface area contributed by atoms with Gasteiger partial charge in [0.05, 0.1) is 29.3 Å². The summed E-state index contributed by atoms with van der Waals surface area (Å²) in [5.74, 6) is -1.27. The first-order chi connectivity index (χ1) is 12.3. The van der Waals surface area contributed by atoms with E-state index in [4.69, 9.17) is 16.3 Å². The van der Waals surface area contributed by atoms with E-state index in [0.717, 1.165) is 13.0 Å². The summed E-state index contributed by atoms with van der Waals surface area (Å²) in [4.78, 5) is 39.9. The third-order valence-electron chi connectivity index (χ3n) is 4.24. The van der Waals surface area contributed by atoms with Crippen LogP contribution in [-0.4, -0.2) is 63.5 Å². The molecular weight excluding hydrogens is 358 g/mol. The first-order valence-corrected chi connectivity index (χ1v) is 8.82. The molecule has 2 amide bonds. The zero-order valence-electron chi connectivity index (χ0n) is 15.3. The first-order valence-electron chi connectivity index (χ1n) is 8.44. The van der Waals surface area contributed by atoms with Crippen molar-refractivity contribution in [3.8, 4) is 0 Å². The summed E-state index contributed by atoms with van der Waals surface area (Å²) in [6.45, 7) is 1.69. The van der Waals surface area contributed by atoms with Crippen LogP contribution < -0.4 is 10.2 Å². The number of amides is 2. The van der Waals surface area contributed by atoms with E-state index in [1.54, 1.807) is 6.07 Å². The van der Waals surface area contributed by atoms with Gasteiger partial charge in [-0.3, -0.25) is 9.59 Å². The van der Waals surface area contributed by atoms with Crippen LogP contribution in [0.15, 0.2) is 18.2 Å². The van der Waals surface area contributed by atoms with Crippen molar-refractivity contribution in [2.24, 2.45) is 5.92 Å². The molecule has 0 aromatic heterocycles. The Balaban J connectivity index is 2.03. The van der Waals surface area contributed by atoms with Crippen molar-refractivity contribution in [1.29, 1.82) is 0 Å². The van der Waals surface area contributed by atoms with Crippen molar-refractivity contribution in [2.75, 3.05) is 45.7 Å². The van der Waals surface area contributed by atoms with Gasteiger partial charge in [-0.15, -0.1) is 0 Å². The number of nitrogens with zero attached hydrogens (tertiary/aromatic N) is 2. The molecule has 0 bridgehead atoms. The Kier molecular flexibility index (Phi) is 6.99. The Morgan fingerprint density at radius 1 is 1.38 bits per heavy atom. The molecule has 7 nitrogen and oxygen atoms in total. The first kappa shape index (κ1) is 20.2. The Hall–Kier alpha value is -2.12. The maximum Gasteiger partial charge on any atom is 0.337 e. The number of carbonyl (C=O) groups excluding carboxylic acids is 3. The molecule has 1 atom stereocenters. The monoisotopic (exact) mass is 381 g/mol. The van der Waals surface area contributed by atoms with Crippen LogP contribution in [0.25, 0.3) is 0 Å². The van der Waals surface area contributed by atoms with E-state index in [-0.39, 0.29) is 24.8 Å². The predicted octanol–water partition coefficient (Wildman–Crippen LogP) is 1.55. The maximum atomic E-state index is 12.4. The lowest BCUT2D eigenvalue weighted by molar-refractivity contribution is -0.126. The van der Waals surface area contributed by atoms with Gasteiger partial charge < -0.3 is 19.9 Å². The average Bonchev–Trinajstić information content (AvgIpc) is 2.99. The van der Waals surface area contributed by atoms with Crippen molar-refractivity contribution >= 4 is 35.1 Å². The molecule has 1 aromatic carbocycles. The minimum absolute atomic E-state index is 0.123. The quantitative estimate of drug-likeness (QED) is 0.572. The number of halogens is 1. The maximum absolute atomic E-state index is 12.4. The fourth-order valence-electron chi connectivity index (χ4n) is 2.83. The predicted molar refractivity (Wildman–Crippen MR) is 99.4 cm³/mol. The molecule has 0 spiro atoms. The summed E-state index contributed by atoms with van der Waals surface area (Å²) in [5, 5.41) is 3.22. The lowest BCUT2D eigenvalue weighted by atomic mass is 10.1. The van der Waals surface area contributed by atoms with Gasteiger partial charge in [0.1, 0.15) is 0 Å². The van der Waals surface area contributed by atoms with Crippen LogP contribution in [0, 0.1) is 5.92 Å². The number of esters is 1. The molecule has 0 saturated carbocycles. The van der Waals surface area contributed by atoms with Gasteiger partial charge in [-0.2, -0.15) is 0 Å². The number of hydrogen-bond acceptors (Lipinski definition) is 5. The van der Waals surface area contributed by atoms with Crippen molar-refractivity contribution in [3.63, 3.8) is 0 Å². The highest BCUT2D eigenvalue weighted by Crippen LogP contribution is 2.32. The Morgan fingerprint density at radius 3 is 2.77 bits per heavy atom. The standard InChI is InChI=1S/C18H24ClN3O4/c1-21(2)8-4-7-20-17(24)13-10-16(23)22(11-13)15-9-12(18(25)26-3)5-6-14(15)19/h5-6,9,13H,4,7-8,10-11H2,1-3H3,(H,20,24). The van der Waals surface area contributed by atoms with Crippen molar-refractivity contribution < 1.29 is 19.1 Å². The third-order valence-corrected chi connectivity index (χ3v) is 4.55. The largest absolute Gasteiger partial charge is 0.465 e. The lowest BCUT2D eigenvalue weighted by Crippen LogP contribution is -2.34. The topological polar surface area (TPSA) is 79.0 Å². The second-order valence-corrected chi connectivity index (χ2v) is 6.92. The molecule has 1 aromatic rings. The zero-order chi connectivity index (χ0) is 19.3. The molecule has 0 radical (unpaired) electrons. The summed E-state index contributed by atoms with van der Waals surface area (Å²) >= 11 is 6.20. The van der Waals surface area contributed by atoms with Crippen molar-refractivity contribution in [1.82, 2.24) is 10.2 Å². The fraction of sp³-hybridized carbons (Fsp3) is 0.500. The summed E-state index contributed by atoms with van der Waals surface area (Å²) in [5.41, 5.74) is 0.721. The van der Waals surface area contributed by atoms with Gasteiger partial charge in [-0.1, -0.05) is 11.6 Å². The summed E-state index contributed by atoms with van der Waals surface area (Å²) in [6, 6.07) is 4.60. The Morgan fingerprint density at radius 2 is 2.12 bits per heavy atom. The molecule has 26 heavy (non-hydrogen) atoms. The second-order valence-electron chi connectivity index (χ2n) is 6.51. The second kappa shape index (κ2) is 9.00. The number of ether oxygens (including phenoxy) is 1. The van der Waals surface area contributed by atoms with E-state index >= 15 is 0 Å². The lowest BCUT2D eigenvalue weighted by Gasteiger charge is -2.19. The normalized spacial score (nSPS) is 16.9. The molecule has 1 saturated heterocycles. The number of nitrogens with one attached hydrogen (secondary N) is 1. The van der Waals surface area contributed by atoms with E-state index in [0.29, 0.717) is 22.8 Å². The van der Waals surface area contributed by atoms with Crippen LogP contribution >= 0.6 is 11.6 Å². The van der Waals surface area contributed by atoms with Crippen LogP contribution in [0.4, 0.5) is 5.69 Å². The van der Waals surface area contributed by atoms with Gasteiger partial charge >= 0.3 is 5.97 Å². The van der Waals surface area contributed by atoms with Gasteiger partial charge in [-0.25, -0.2) is 4.79 Å². The number of rotatable bonds is 7. The van der Waals surface area contributed by atoms with E-state index in [1.807, 2.05) is 19.0 Å². The van der Waals surface area contributed by atoms with Gasteiger partial charge in [0, 0.05) is 19.5 Å². The Bertz CT molecular complexity index is 693. The fourth-order valence-corrected chi connectivity index (χ4v) is 3.05. The number of hydrogen-bond donors (Lipinski definition) is 1. The summed E-state index contributed by atoms with van der Waals surface area (Å²) < 4.78 is 4.70. The molecule has 2 rings (SSSR count). The van der Waals surface area contributed by atoms with E-state index in [2.05, 4.69) is 5.32 Å². The molecule has 8 heteroatoms. The molecule has 1 fully saturated rings. The minimum atomic E-state index is -0.509. The Labute approximate surface area is 158 Å². The minimum Gasteiger partial charge on any atom is -0.465 e. The number of benzene rings is 1. The van der Waals surface area contributed by atoms with E-state index in [9.17, 15) is 14.4 Å². The SMILES string of the molecule is COC(=O)c1ccc(Cl)c(N2CC(C(=O)NCCCN(C)C)CC2=O)c1. The van der Waals surface area contributed by atoms with Crippen LogP contribution in [-0.2, 0) is 14.3 Å².